The van der Waals surface area contributed by atoms with Crippen LogP contribution in [0.25, 0.3) is 101 Å². The first kappa shape index (κ1) is 68.4. The van der Waals surface area contributed by atoms with E-state index in [1.165, 1.54) is 168 Å². The molecule has 5 aromatic carbocycles. The van der Waals surface area contributed by atoms with E-state index in [0.717, 1.165) is 0 Å². The van der Waals surface area contributed by atoms with Crippen molar-refractivity contribution in [3.8, 4) is 90.1 Å². The summed E-state index contributed by atoms with van der Waals surface area (Å²) in [7, 11) is 16.9. The van der Waals surface area contributed by atoms with Gasteiger partial charge in [-0.3, -0.25) is 0 Å². The third-order valence-corrected chi connectivity index (χ3v) is 19.1. The minimum absolute atomic E-state index is 1.23. The first-order chi connectivity index (χ1) is 45.9. The van der Waals surface area contributed by atoms with Gasteiger partial charge >= 0.3 is 0 Å². The van der Waals surface area contributed by atoms with Crippen LogP contribution in [0.2, 0.25) is 0 Å². The van der Waals surface area contributed by atoms with Crippen molar-refractivity contribution in [3.63, 3.8) is 0 Å². The van der Waals surface area contributed by atoms with Crippen LogP contribution in [0.3, 0.4) is 0 Å². The molecule has 8 heteroatoms. The molecule has 0 saturated heterocycles. The first-order valence-corrected chi connectivity index (χ1v) is 33.4. The lowest BCUT2D eigenvalue weighted by Crippen LogP contribution is -2.32. The molecule has 0 aliphatic rings. The van der Waals surface area contributed by atoms with E-state index >= 15 is 0 Å². The molecule has 0 unspecified atom stereocenters. The third kappa shape index (κ3) is 14.6. The van der Waals surface area contributed by atoms with Crippen molar-refractivity contribution in [2.45, 2.75) is 83.1 Å². The number of aromatic nitrogens is 8. The van der Waals surface area contributed by atoms with E-state index in [4.69, 9.17) is 0 Å². The molecule has 13 rings (SSSR count). The van der Waals surface area contributed by atoms with Crippen LogP contribution in [0, 0.1) is 83.1 Å². The maximum atomic E-state index is 2.32. The van der Waals surface area contributed by atoms with E-state index < -0.39 is 0 Å². The second-order valence-electron chi connectivity index (χ2n) is 26.5. The van der Waals surface area contributed by atoms with E-state index in [9.17, 15) is 0 Å². The minimum Gasteiger partial charge on any atom is -0.201 e. The van der Waals surface area contributed by atoms with Crippen LogP contribution in [0.1, 0.15) is 66.8 Å². The highest BCUT2D eigenvalue weighted by Gasteiger charge is 2.27. The van der Waals surface area contributed by atoms with Crippen LogP contribution in [0.15, 0.2) is 232 Å². The van der Waals surface area contributed by atoms with Crippen LogP contribution < -0.4 is 36.5 Å². The van der Waals surface area contributed by atoms with Gasteiger partial charge in [0.1, 0.15) is 56.4 Å². The van der Waals surface area contributed by atoms with E-state index in [0.29, 0.717) is 0 Å². The number of rotatable bonds is 8. The Labute approximate surface area is 571 Å². The van der Waals surface area contributed by atoms with E-state index in [-0.39, 0.29) is 0 Å². The molecule has 0 bridgehead atoms. The average molecular weight is 1270 g/mol. The highest BCUT2D eigenvalue weighted by molar-refractivity contribution is 5.94. The van der Waals surface area contributed by atoms with Gasteiger partial charge in [0.25, 0.3) is 0 Å². The van der Waals surface area contributed by atoms with Crippen LogP contribution in [-0.4, -0.2) is 0 Å². The molecule has 0 radical (unpaired) electrons. The summed E-state index contributed by atoms with van der Waals surface area (Å²) in [5.74, 6) is 0. The molecule has 0 amide bonds. The zero-order chi connectivity index (χ0) is 68.8. The molecule has 0 fully saturated rings. The maximum absolute atomic E-state index is 2.32. The fourth-order valence-electron chi connectivity index (χ4n) is 13.9. The Morgan fingerprint density at radius 3 is 1.19 bits per heavy atom. The predicted molar refractivity (Wildman–Crippen MR) is 393 cm³/mol. The van der Waals surface area contributed by atoms with Gasteiger partial charge in [-0.15, -0.1) is 0 Å². The standard InChI is InChI=1S/C23H22N2.C23H28N2.C22H26N2.C20H22N2/c1-17-19(22-13-6-7-15-24(22)2)11-8-12-20(17)23-21-10-5-4-9-18(21)14-16-25(23)3;1-15-10-11-24(6)21(12-15)23-18(4)13-17(3)22(19(23)5)20-9-8-16(2)14-25(20)7;1-15-7-9-23(5)21(13-15)19-11-17(3)12-20(18(19)4)22-14-16(2)8-10-24(22)6;1-15-11-12-17(18-9-5-7-13-21(18)3)16(2)20(15)19-10-6-8-14-22(19)4/h4-16H,1-3H3;8-14H,1-7H3;7-14H,1-6H3;5-14H,1-4H3/q4*+2. The van der Waals surface area contributed by atoms with Gasteiger partial charge in [0.2, 0.25) is 45.6 Å². The number of aryl methyl sites for hydroxylation is 16. The van der Waals surface area contributed by atoms with Gasteiger partial charge in [-0.2, -0.15) is 0 Å². The molecule has 0 aliphatic heterocycles. The lowest BCUT2D eigenvalue weighted by molar-refractivity contribution is -0.661. The van der Waals surface area contributed by atoms with Crippen LogP contribution >= 0.6 is 0 Å². The second-order valence-corrected chi connectivity index (χ2v) is 26.5. The van der Waals surface area contributed by atoms with Gasteiger partial charge in [-0.25, -0.2) is 36.5 Å². The lowest BCUT2D eigenvalue weighted by atomic mass is 9.89. The zero-order valence-electron chi connectivity index (χ0n) is 60.5. The number of nitrogens with zero attached hydrogens (tertiary/aromatic N) is 8. The van der Waals surface area contributed by atoms with Crippen molar-refractivity contribution >= 4 is 10.8 Å². The Balaban J connectivity index is 0.000000139. The van der Waals surface area contributed by atoms with E-state index in [1.807, 2.05) is 0 Å². The van der Waals surface area contributed by atoms with Crippen molar-refractivity contribution < 1.29 is 36.5 Å². The number of hydrogen-bond acceptors (Lipinski definition) is 0. The topological polar surface area (TPSA) is 31.0 Å². The molecular formula is C88H98N8+8. The molecule has 482 valence electrons. The number of pyridine rings is 8. The second kappa shape index (κ2) is 29.5. The fourth-order valence-corrected chi connectivity index (χ4v) is 13.9. The van der Waals surface area contributed by atoms with Crippen molar-refractivity contribution in [1.82, 2.24) is 0 Å². The molecule has 8 aromatic heterocycles. The van der Waals surface area contributed by atoms with Gasteiger partial charge < -0.3 is 0 Å². The first-order valence-electron chi connectivity index (χ1n) is 33.4. The molecule has 0 saturated carbocycles. The van der Waals surface area contributed by atoms with Gasteiger partial charge in [-0.05, 0) is 210 Å². The van der Waals surface area contributed by atoms with E-state index in [1.54, 1.807) is 0 Å². The molecule has 0 atom stereocenters. The molecule has 0 spiro atoms. The summed E-state index contributed by atoms with van der Waals surface area (Å²) in [6, 6.07) is 65.4. The quantitative estimate of drug-likeness (QED) is 0.136. The molecule has 96 heavy (non-hydrogen) atoms. The van der Waals surface area contributed by atoms with Gasteiger partial charge in [0, 0.05) is 102 Å². The molecule has 8 nitrogen and oxygen atoms in total. The summed E-state index contributed by atoms with van der Waals surface area (Å²) in [6.45, 7) is 26.3. The van der Waals surface area contributed by atoms with Crippen molar-refractivity contribution in [1.29, 1.82) is 0 Å². The molecule has 13 aromatic rings. The third-order valence-electron chi connectivity index (χ3n) is 19.1. The van der Waals surface area contributed by atoms with Crippen LogP contribution in [0.4, 0.5) is 0 Å². The maximum Gasteiger partial charge on any atom is 0.220 e. The summed E-state index contributed by atoms with van der Waals surface area (Å²) < 4.78 is 17.6. The van der Waals surface area contributed by atoms with Crippen LogP contribution in [0.5, 0.6) is 0 Å². The smallest absolute Gasteiger partial charge is 0.201 e. The summed E-state index contributed by atoms with van der Waals surface area (Å²) in [6.07, 6.45) is 17.1. The summed E-state index contributed by atoms with van der Waals surface area (Å²) in [4.78, 5) is 0. The Morgan fingerprint density at radius 2 is 0.646 bits per heavy atom. The summed E-state index contributed by atoms with van der Waals surface area (Å²) in [5.41, 5.74) is 36.1. The molecular weight excluding hydrogens is 1170 g/mol. The average Bonchev–Trinajstić information content (AvgIpc) is 0.804. The normalized spacial score (nSPS) is 10.9. The van der Waals surface area contributed by atoms with Gasteiger partial charge in [-0.1, -0.05) is 36.4 Å². The number of fused-ring (bicyclic) bond motifs is 1. The summed E-state index contributed by atoms with van der Waals surface area (Å²) in [5, 5.41) is 2.55. The molecule has 0 aliphatic carbocycles. The largest absolute Gasteiger partial charge is 0.220 e. The Hall–Kier alpha value is -10.4. The monoisotopic (exact) mass is 1270 g/mol. The fraction of sp³-hybridized carbons (Fsp3) is 0.227. The zero-order valence-corrected chi connectivity index (χ0v) is 60.5. The van der Waals surface area contributed by atoms with E-state index in [2.05, 4.69) is 408 Å². The van der Waals surface area contributed by atoms with Crippen LogP contribution in [-0.2, 0) is 56.4 Å². The van der Waals surface area contributed by atoms with Crippen molar-refractivity contribution in [3.05, 3.63) is 298 Å². The molecule has 8 heterocycles. The minimum atomic E-state index is 1.23. The predicted octanol–water partition coefficient (Wildman–Crippen LogP) is 15.5. The Kier molecular flexibility index (Phi) is 21.0. The van der Waals surface area contributed by atoms with Crippen molar-refractivity contribution in [2.24, 2.45) is 56.4 Å². The molecule has 0 N–H and O–H groups in total. The Bertz CT molecular complexity index is 5000. The summed E-state index contributed by atoms with van der Waals surface area (Å²) >= 11 is 0. The highest BCUT2D eigenvalue weighted by atomic mass is 15.0. The van der Waals surface area contributed by atoms with Gasteiger partial charge in [0.05, 0.1) is 38.8 Å². The highest BCUT2D eigenvalue weighted by Crippen LogP contribution is 2.37. The number of hydrogen-bond donors (Lipinski definition) is 0. The van der Waals surface area contributed by atoms with Gasteiger partial charge in [0.15, 0.2) is 49.6 Å². The SMILES string of the molecule is Cc1c(-c2cccc[n+]2C)cccc1-c1c2ccccc2cc[n+]1C.Cc1cc(-c2cc(C)cc[n+]2C)c(C)c(-c2cc(C)cc[n+]2C)c1.Cc1cc[n+](C)c(-c2c(C)cc(C)c(-c3ccc(C)c[n+]3C)c2C)c1.Cc1ccc(-c2cccc[n+]2C)c(C)c1-c1cccc[n+]1C. The van der Waals surface area contributed by atoms with Crippen molar-refractivity contribution in [2.75, 3.05) is 0 Å². The number of benzene rings is 5. The lowest BCUT2D eigenvalue weighted by Gasteiger charge is -2.15. The Morgan fingerprint density at radius 1 is 0.219 bits per heavy atom.